The number of methoxy groups -OCH3 is 2. The van der Waals surface area contributed by atoms with Crippen molar-refractivity contribution in [3.8, 4) is 17.2 Å². The summed E-state index contributed by atoms with van der Waals surface area (Å²) in [6.45, 7) is 3.71. The lowest BCUT2D eigenvalue weighted by molar-refractivity contribution is -0.113. The number of benzene rings is 2. The Hall–Kier alpha value is -2.77. The van der Waals surface area contributed by atoms with Crippen LogP contribution in [0.15, 0.2) is 54.0 Å². The van der Waals surface area contributed by atoms with E-state index in [-0.39, 0.29) is 11.7 Å². The zero-order chi connectivity index (χ0) is 20.3. The summed E-state index contributed by atoms with van der Waals surface area (Å²) in [4.78, 5) is 14.9. The van der Waals surface area contributed by atoms with Gasteiger partial charge in [-0.2, -0.15) is 0 Å². The minimum Gasteiger partial charge on any atom is -0.504 e. The zero-order valence-corrected chi connectivity index (χ0v) is 17.1. The second-order valence-electron chi connectivity index (χ2n) is 5.94. The lowest BCUT2D eigenvalue weighted by Crippen LogP contribution is -2.27. The number of allylic oxidation sites excluding steroid dienone is 1. The third-order valence-electron chi connectivity index (χ3n) is 4.18. The number of aromatic hydroxyl groups is 1. The van der Waals surface area contributed by atoms with Crippen molar-refractivity contribution in [2.45, 2.75) is 6.42 Å². The van der Waals surface area contributed by atoms with E-state index in [1.165, 1.54) is 23.8 Å². The van der Waals surface area contributed by atoms with Gasteiger partial charge in [-0.15, -0.1) is 6.58 Å². The fraction of sp³-hybridized carbons (Fsp3) is 0.143. The topological polar surface area (TPSA) is 59.0 Å². The lowest BCUT2D eigenvalue weighted by Gasteiger charge is -2.14. The van der Waals surface area contributed by atoms with Gasteiger partial charge in [0.15, 0.2) is 15.8 Å². The van der Waals surface area contributed by atoms with Gasteiger partial charge in [0.25, 0.3) is 5.91 Å². The third-order valence-corrected chi connectivity index (χ3v) is 5.48. The molecule has 1 N–H and O–H groups in total. The SMILES string of the molecule is C=CCc1cc(/C=C2\SC(=S)N(c3ccc(OC)cc3)C2=O)cc(OC)c1O. The van der Waals surface area contributed by atoms with Crippen LogP contribution in [-0.2, 0) is 11.2 Å². The van der Waals surface area contributed by atoms with Crippen LogP contribution in [-0.4, -0.2) is 29.6 Å². The first kappa shape index (κ1) is 20.0. The minimum atomic E-state index is -0.197. The molecule has 0 radical (unpaired) electrons. The average Bonchev–Trinajstić information content (AvgIpc) is 2.97. The van der Waals surface area contributed by atoms with Crippen LogP contribution in [0.2, 0.25) is 0 Å². The number of amides is 1. The highest BCUT2D eigenvalue weighted by Crippen LogP contribution is 2.38. The van der Waals surface area contributed by atoms with Gasteiger partial charge in [-0.1, -0.05) is 30.1 Å². The average molecular weight is 414 g/mol. The zero-order valence-electron chi connectivity index (χ0n) is 15.5. The predicted octanol–water partition coefficient (Wildman–Crippen LogP) is 4.54. The largest absolute Gasteiger partial charge is 0.504 e. The lowest BCUT2D eigenvalue weighted by atomic mass is 10.1. The molecule has 144 valence electrons. The summed E-state index contributed by atoms with van der Waals surface area (Å²) < 4.78 is 10.9. The van der Waals surface area contributed by atoms with Gasteiger partial charge in [0.1, 0.15) is 5.75 Å². The van der Waals surface area contributed by atoms with Crippen molar-refractivity contribution >= 4 is 46.0 Å². The summed E-state index contributed by atoms with van der Waals surface area (Å²) in [6.07, 6.45) is 3.93. The van der Waals surface area contributed by atoms with E-state index >= 15 is 0 Å². The Balaban J connectivity index is 1.95. The normalized spacial score (nSPS) is 15.2. The van der Waals surface area contributed by atoms with Gasteiger partial charge in [-0.05, 0) is 54.5 Å². The van der Waals surface area contributed by atoms with E-state index in [4.69, 9.17) is 21.7 Å². The summed E-state index contributed by atoms with van der Waals surface area (Å²) in [7, 11) is 3.07. The molecule has 1 heterocycles. The molecular formula is C21H19NO4S2. The molecule has 3 rings (SSSR count). The van der Waals surface area contributed by atoms with Gasteiger partial charge in [-0.3, -0.25) is 9.69 Å². The van der Waals surface area contributed by atoms with E-state index in [0.717, 1.165) is 5.56 Å². The fourth-order valence-corrected chi connectivity index (χ4v) is 4.11. The van der Waals surface area contributed by atoms with Crippen molar-refractivity contribution in [3.63, 3.8) is 0 Å². The van der Waals surface area contributed by atoms with Gasteiger partial charge in [0, 0.05) is 5.56 Å². The molecule has 1 fully saturated rings. The highest BCUT2D eigenvalue weighted by molar-refractivity contribution is 8.27. The Morgan fingerprint density at radius 3 is 2.54 bits per heavy atom. The van der Waals surface area contributed by atoms with Crippen LogP contribution in [0.5, 0.6) is 17.2 Å². The maximum Gasteiger partial charge on any atom is 0.270 e. The third kappa shape index (κ3) is 3.90. The van der Waals surface area contributed by atoms with Crippen molar-refractivity contribution in [1.82, 2.24) is 0 Å². The smallest absolute Gasteiger partial charge is 0.270 e. The standard InChI is InChI=1S/C21H19NO4S2/c1-4-5-14-10-13(11-17(26-3)19(14)23)12-18-20(24)22(21(27)28-18)15-6-8-16(25-2)9-7-15/h4,6-12,23H,1,5H2,2-3H3/b18-12-. The summed E-state index contributed by atoms with van der Waals surface area (Å²) >= 11 is 6.64. The summed E-state index contributed by atoms with van der Waals surface area (Å²) in [5.41, 5.74) is 2.09. The van der Waals surface area contributed by atoms with Crippen molar-refractivity contribution in [2.75, 3.05) is 19.1 Å². The number of rotatable bonds is 6. The Labute approximate surface area is 173 Å². The van der Waals surface area contributed by atoms with Crippen LogP contribution in [0.3, 0.4) is 0 Å². The van der Waals surface area contributed by atoms with Crippen molar-refractivity contribution in [2.24, 2.45) is 0 Å². The number of thioether (sulfide) groups is 1. The quantitative estimate of drug-likeness (QED) is 0.426. The monoisotopic (exact) mass is 413 g/mol. The van der Waals surface area contributed by atoms with Gasteiger partial charge in [-0.25, -0.2) is 0 Å². The fourth-order valence-electron chi connectivity index (χ4n) is 2.81. The molecule has 28 heavy (non-hydrogen) atoms. The van der Waals surface area contributed by atoms with Gasteiger partial charge in [0.2, 0.25) is 0 Å². The predicted molar refractivity (Wildman–Crippen MR) is 117 cm³/mol. The van der Waals surface area contributed by atoms with Crippen LogP contribution in [0.4, 0.5) is 5.69 Å². The number of hydrogen-bond donors (Lipinski definition) is 1. The Morgan fingerprint density at radius 2 is 1.93 bits per heavy atom. The molecule has 1 aliphatic heterocycles. The number of phenols is 1. The molecule has 0 aliphatic carbocycles. The molecule has 0 saturated carbocycles. The molecule has 5 nitrogen and oxygen atoms in total. The van der Waals surface area contributed by atoms with Gasteiger partial charge in [0.05, 0.1) is 24.8 Å². The number of phenolic OH excluding ortho intramolecular Hbond substituents is 1. The van der Waals surface area contributed by atoms with Crippen molar-refractivity contribution in [3.05, 3.63) is 65.1 Å². The van der Waals surface area contributed by atoms with E-state index < -0.39 is 0 Å². The number of carbonyl (C=O) groups is 1. The molecule has 0 aromatic heterocycles. The van der Waals surface area contributed by atoms with Crippen molar-refractivity contribution in [1.29, 1.82) is 0 Å². The van der Waals surface area contributed by atoms with Gasteiger partial charge >= 0.3 is 0 Å². The number of nitrogens with zero attached hydrogens (tertiary/aromatic N) is 1. The summed E-state index contributed by atoms with van der Waals surface area (Å²) in [6, 6.07) is 10.6. The molecule has 1 aliphatic rings. The van der Waals surface area contributed by atoms with Crippen molar-refractivity contribution < 1.29 is 19.4 Å². The number of carbonyl (C=O) groups excluding carboxylic acids is 1. The molecule has 1 saturated heterocycles. The first-order valence-corrected chi connectivity index (χ1v) is 9.63. The molecule has 2 aromatic rings. The number of anilines is 1. The van der Waals surface area contributed by atoms with Crippen LogP contribution in [0.1, 0.15) is 11.1 Å². The number of hydrogen-bond acceptors (Lipinski definition) is 6. The Bertz CT molecular complexity index is 967. The molecule has 7 heteroatoms. The second kappa shape index (κ2) is 8.50. The van der Waals surface area contributed by atoms with Crippen LogP contribution in [0.25, 0.3) is 6.08 Å². The number of thiocarbonyl (C=S) groups is 1. The van der Waals surface area contributed by atoms with E-state index in [0.29, 0.717) is 38.4 Å². The van der Waals surface area contributed by atoms with Crippen LogP contribution >= 0.6 is 24.0 Å². The highest BCUT2D eigenvalue weighted by Gasteiger charge is 2.33. The first-order valence-electron chi connectivity index (χ1n) is 8.41. The van der Waals surface area contributed by atoms with Crippen LogP contribution in [0, 0.1) is 0 Å². The molecule has 0 unspecified atom stereocenters. The van der Waals surface area contributed by atoms with E-state index in [9.17, 15) is 9.90 Å². The summed E-state index contributed by atoms with van der Waals surface area (Å²) in [5, 5.41) is 10.2. The summed E-state index contributed by atoms with van der Waals surface area (Å²) in [5.74, 6) is 0.926. The maximum atomic E-state index is 12.9. The highest BCUT2D eigenvalue weighted by atomic mass is 32.2. The minimum absolute atomic E-state index is 0.0744. The molecule has 1 amide bonds. The van der Waals surface area contributed by atoms with Crippen LogP contribution < -0.4 is 14.4 Å². The van der Waals surface area contributed by atoms with Gasteiger partial charge < -0.3 is 14.6 Å². The molecular weight excluding hydrogens is 394 g/mol. The molecule has 0 atom stereocenters. The molecule has 2 aromatic carbocycles. The second-order valence-corrected chi connectivity index (χ2v) is 7.61. The van der Waals surface area contributed by atoms with E-state index in [1.807, 2.05) is 0 Å². The molecule has 0 spiro atoms. The first-order chi connectivity index (χ1) is 13.5. The molecule has 0 bridgehead atoms. The van der Waals surface area contributed by atoms with E-state index in [1.54, 1.807) is 55.7 Å². The Kier molecular flexibility index (Phi) is 6.06. The Morgan fingerprint density at radius 1 is 1.21 bits per heavy atom. The maximum absolute atomic E-state index is 12.9. The number of ether oxygens (including phenoxy) is 2. The van der Waals surface area contributed by atoms with E-state index in [2.05, 4.69) is 6.58 Å².